The molecule has 2 N–H and O–H groups in total. The van der Waals surface area contributed by atoms with Crippen LogP contribution >= 0.6 is 0 Å². The zero-order valence-electron chi connectivity index (χ0n) is 17.5. The highest BCUT2D eigenvalue weighted by molar-refractivity contribution is 5.72. The second-order valence-electron chi connectivity index (χ2n) is 8.85. The van der Waals surface area contributed by atoms with Crippen molar-refractivity contribution < 1.29 is 14.4 Å². The first kappa shape index (κ1) is 20.5. The zero-order valence-corrected chi connectivity index (χ0v) is 17.5. The molecule has 1 aromatic heterocycles. The number of allylic oxidation sites excluding steroid dienone is 4. The van der Waals surface area contributed by atoms with Gasteiger partial charge in [0.1, 0.15) is 0 Å². The van der Waals surface area contributed by atoms with Crippen LogP contribution in [0.2, 0.25) is 0 Å². The van der Waals surface area contributed by atoms with Gasteiger partial charge in [-0.3, -0.25) is 4.79 Å². The maximum atomic E-state index is 10.9. The Bertz CT molecular complexity index is 937. The number of hydrogen-bond donors (Lipinski definition) is 2. The van der Waals surface area contributed by atoms with Gasteiger partial charge in [0.25, 0.3) is 5.89 Å². The Hall–Kier alpha value is -2.73. The number of hydrogen-bond acceptors (Lipinski definition) is 5. The molecule has 1 fully saturated rings. The Morgan fingerprint density at radius 3 is 2.67 bits per heavy atom. The second kappa shape index (κ2) is 8.96. The smallest absolute Gasteiger partial charge is 0.306 e. The molecule has 1 saturated carbocycles. The quantitative estimate of drug-likeness (QED) is 0.660. The summed E-state index contributed by atoms with van der Waals surface area (Å²) in [6.45, 7) is 5.23. The number of benzene rings is 1. The molecular weight excluding hydrogens is 378 g/mol. The first-order chi connectivity index (χ1) is 14.5. The Morgan fingerprint density at radius 2 is 2.03 bits per heavy atom. The maximum absolute atomic E-state index is 10.9. The number of nitrogens with one attached hydrogen (secondary N) is 1. The minimum absolute atomic E-state index is 0.188. The van der Waals surface area contributed by atoms with E-state index in [2.05, 4.69) is 47.5 Å². The van der Waals surface area contributed by atoms with Crippen molar-refractivity contribution >= 4 is 11.5 Å². The molecule has 1 atom stereocenters. The summed E-state index contributed by atoms with van der Waals surface area (Å²) in [7, 11) is 0. The van der Waals surface area contributed by atoms with Gasteiger partial charge in [0, 0.05) is 23.7 Å². The van der Waals surface area contributed by atoms with Gasteiger partial charge in [-0.15, -0.1) is 0 Å². The van der Waals surface area contributed by atoms with Crippen molar-refractivity contribution in [3.63, 3.8) is 0 Å². The summed E-state index contributed by atoms with van der Waals surface area (Å²) in [5.41, 5.74) is 3.06. The molecule has 2 aliphatic rings. The molecule has 30 heavy (non-hydrogen) atoms. The van der Waals surface area contributed by atoms with E-state index < -0.39 is 5.97 Å². The highest BCUT2D eigenvalue weighted by Gasteiger charge is 2.33. The van der Waals surface area contributed by atoms with Crippen molar-refractivity contribution in [2.45, 2.75) is 52.1 Å². The molecule has 0 saturated heterocycles. The van der Waals surface area contributed by atoms with Gasteiger partial charge in [0.2, 0.25) is 5.82 Å². The van der Waals surface area contributed by atoms with Gasteiger partial charge in [-0.1, -0.05) is 49.4 Å². The Labute approximate surface area is 177 Å². The van der Waals surface area contributed by atoms with E-state index in [4.69, 9.17) is 9.63 Å². The fourth-order valence-corrected chi connectivity index (χ4v) is 4.08. The van der Waals surface area contributed by atoms with E-state index in [1.807, 2.05) is 24.3 Å². The van der Waals surface area contributed by atoms with Crippen LogP contribution in [0.15, 0.2) is 47.0 Å². The van der Waals surface area contributed by atoms with E-state index in [-0.39, 0.29) is 5.92 Å². The molecule has 158 valence electrons. The zero-order chi connectivity index (χ0) is 21.1. The number of carbonyl (C=O) groups is 1. The summed E-state index contributed by atoms with van der Waals surface area (Å²) in [6.07, 6.45) is 10.2. The molecule has 0 radical (unpaired) electrons. The monoisotopic (exact) mass is 407 g/mol. The summed E-state index contributed by atoms with van der Waals surface area (Å²) in [5, 5.41) is 16.5. The van der Waals surface area contributed by atoms with Crippen LogP contribution in [0.25, 0.3) is 17.0 Å². The third-order valence-corrected chi connectivity index (χ3v) is 5.93. The number of rotatable bonds is 8. The molecule has 1 heterocycles. The van der Waals surface area contributed by atoms with Crippen molar-refractivity contribution in [1.29, 1.82) is 0 Å². The highest BCUT2D eigenvalue weighted by atomic mass is 16.5. The third-order valence-electron chi connectivity index (χ3n) is 5.93. The van der Waals surface area contributed by atoms with Crippen LogP contribution in [0.1, 0.15) is 50.9 Å². The van der Waals surface area contributed by atoms with Crippen molar-refractivity contribution in [2.24, 2.45) is 17.8 Å². The SMILES string of the molecule is CC(C)CC1C=CC(c2noc(-c3ccc(CNC4CC(C(=O)O)C4)cc3)n2)=CC1. The van der Waals surface area contributed by atoms with Crippen LogP contribution in [-0.2, 0) is 11.3 Å². The standard InChI is InChI=1S/C24H29N3O3/c1-15(2)11-16-3-7-18(8-4-16)22-26-23(30-27-22)19-9-5-17(6-10-19)14-25-21-12-20(13-21)24(28)29/h3,5-10,15-16,20-21,25H,4,11-14H2,1-2H3,(H,28,29). The van der Waals surface area contributed by atoms with E-state index in [0.29, 0.717) is 42.4 Å². The van der Waals surface area contributed by atoms with Crippen LogP contribution in [0.4, 0.5) is 0 Å². The minimum Gasteiger partial charge on any atom is -0.481 e. The Kier molecular flexibility index (Phi) is 6.13. The summed E-state index contributed by atoms with van der Waals surface area (Å²) in [4.78, 5) is 15.4. The van der Waals surface area contributed by atoms with E-state index >= 15 is 0 Å². The molecule has 6 nitrogen and oxygen atoms in total. The van der Waals surface area contributed by atoms with Crippen LogP contribution in [0.3, 0.4) is 0 Å². The van der Waals surface area contributed by atoms with Crippen LogP contribution in [0, 0.1) is 17.8 Å². The predicted octanol–water partition coefficient (Wildman–Crippen LogP) is 4.70. The number of aliphatic carboxylic acids is 1. The lowest BCUT2D eigenvalue weighted by Gasteiger charge is -2.33. The molecule has 6 heteroatoms. The lowest BCUT2D eigenvalue weighted by molar-refractivity contribution is -0.145. The number of aromatic nitrogens is 2. The predicted molar refractivity (Wildman–Crippen MR) is 115 cm³/mol. The molecule has 0 bridgehead atoms. The molecule has 1 aromatic carbocycles. The van der Waals surface area contributed by atoms with E-state index in [1.165, 1.54) is 6.42 Å². The lowest BCUT2D eigenvalue weighted by Crippen LogP contribution is -2.43. The van der Waals surface area contributed by atoms with Crippen molar-refractivity contribution in [2.75, 3.05) is 0 Å². The molecule has 4 rings (SSSR count). The second-order valence-corrected chi connectivity index (χ2v) is 8.85. The summed E-state index contributed by atoms with van der Waals surface area (Å²) in [5.74, 6) is 1.56. The maximum Gasteiger partial charge on any atom is 0.306 e. The number of nitrogens with zero attached hydrogens (tertiary/aromatic N) is 2. The van der Waals surface area contributed by atoms with E-state index in [9.17, 15) is 4.79 Å². The fraction of sp³-hybridized carbons (Fsp3) is 0.458. The average Bonchev–Trinajstić information content (AvgIpc) is 3.17. The molecule has 0 amide bonds. The van der Waals surface area contributed by atoms with Crippen molar-refractivity contribution in [3.05, 3.63) is 53.9 Å². The largest absolute Gasteiger partial charge is 0.481 e. The van der Waals surface area contributed by atoms with E-state index in [1.54, 1.807) is 0 Å². The molecular formula is C24H29N3O3. The van der Waals surface area contributed by atoms with E-state index in [0.717, 1.165) is 29.7 Å². The first-order valence-electron chi connectivity index (χ1n) is 10.8. The highest BCUT2D eigenvalue weighted by Crippen LogP contribution is 2.29. The average molecular weight is 408 g/mol. The normalized spacial score (nSPS) is 23.3. The fourth-order valence-electron chi connectivity index (χ4n) is 4.08. The van der Waals surface area contributed by atoms with Gasteiger partial charge in [-0.2, -0.15) is 4.98 Å². The van der Waals surface area contributed by atoms with Gasteiger partial charge >= 0.3 is 5.97 Å². The summed E-state index contributed by atoms with van der Waals surface area (Å²) in [6, 6.07) is 8.34. The van der Waals surface area contributed by atoms with Crippen LogP contribution < -0.4 is 5.32 Å². The van der Waals surface area contributed by atoms with Crippen LogP contribution in [0.5, 0.6) is 0 Å². The topological polar surface area (TPSA) is 88.2 Å². The number of carboxylic acid groups (broad SMARTS) is 1. The molecule has 2 aliphatic carbocycles. The van der Waals surface area contributed by atoms with Gasteiger partial charge in [0.05, 0.1) is 5.92 Å². The molecule has 1 unspecified atom stereocenters. The lowest BCUT2D eigenvalue weighted by atomic mass is 9.80. The molecule has 0 spiro atoms. The third kappa shape index (κ3) is 4.87. The minimum atomic E-state index is -0.689. The Balaban J connectivity index is 1.31. The van der Waals surface area contributed by atoms with Gasteiger partial charge in [0.15, 0.2) is 0 Å². The first-order valence-corrected chi connectivity index (χ1v) is 10.8. The van der Waals surface area contributed by atoms with Crippen molar-refractivity contribution in [1.82, 2.24) is 15.5 Å². The van der Waals surface area contributed by atoms with Gasteiger partial charge in [-0.05, 0) is 55.2 Å². The van der Waals surface area contributed by atoms with Gasteiger partial charge in [-0.25, -0.2) is 0 Å². The summed E-state index contributed by atoms with van der Waals surface area (Å²) >= 11 is 0. The molecule has 2 aromatic rings. The Morgan fingerprint density at radius 1 is 1.27 bits per heavy atom. The van der Waals surface area contributed by atoms with Crippen molar-refractivity contribution in [3.8, 4) is 11.5 Å². The molecule has 0 aliphatic heterocycles. The number of carboxylic acids is 1. The van der Waals surface area contributed by atoms with Crippen LogP contribution in [-0.4, -0.2) is 27.3 Å². The van der Waals surface area contributed by atoms with Gasteiger partial charge < -0.3 is 14.9 Å². The summed E-state index contributed by atoms with van der Waals surface area (Å²) < 4.78 is 5.49.